The molecule has 0 radical (unpaired) electrons. The lowest BCUT2D eigenvalue weighted by atomic mass is 9.71. The minimum atomic E-state index is -0.346. The van der Waals surface area contributed by atoms with Gasteiger partial charge in [-0.2, -0.15) is 5.26 Å². The van der Waals surface area contributed by atoms with Crippen LogP contribution in [0.25, 0.3) is 0 Å². The van der Waals surface area contributed by atoms with Crippen molar-refractivity contribution in [2.45, 2.75) is 81.2 Å². The van der Waals surface area contributed by atoms with Crippen molar-refractivity contribution in [3.05, 3.63) is 42.2 Å². The minimum absolute atomic E-state index is 0.0401. The number of nitrogens with zero attached hydrogens (tertiary/aromatic N) is 4. The van der Waals surface area contributed by atoms with Crippen molar-refractivity contribution in [3.8, 4) is 11.8 Å². The molecule has 1 amide bonds. The molecular formula is C30H41FN6O3. The predicted molar refractivity (Wildman–Crippen MR) is 148 cm³/mol. The van der Waals surface area contributed by atoms with Gasteiger partial charge in [-0.1, -0.05) is 12.6 Å². The fourth-order valence-electron chi connectivity index (χ4n) is 7.69. The lowest BCUT2D eigenvalue weighted by Gasteiger charge is -2.54. The summed E-state index contributed by atoms with van der Waals surface area (Å²) in [5.41, 5.74) is 0.727. The number of amides is 1. The lowest BCUT2D eigenvalue weighted by molar-refractivity contribution is -0.138. The number of carbonyl (C=O) groups is 1. The van der Waals surface area contributed by atoms with Crippen LogP contribution in [0.15, 0.2) is 30.9 Å². The highest BCUT2D eigenvalue weighted by molar-refractivity contribution is 5.87. The molecule has 1 aromatic rings. The van der Waals surface area contributed by atoms with E-state index in [0.717, 1.165) is 44.2 Å². The largest absolute Gasteiger partial charge is 0.486 e. The Bertz CT molecular complexity index is 1160. The number of ether oxygens (including phenoxy) is 2. The fourth-order valence-corrected chi connectivity index (χ4v) is 7.69. The SMILES string of the molecule is C=CC(=O)N1CCN(C2NC(OCC3CCCN3C)NC3C[C@@]4(CCC32)Cc2ccc(F)cc2O4)CC1CC#N. The van der Waals surface area contributed by atoms with Crippen molar-refractivity contribution >= 4 is 5.91 Å². The Morgan fingerprint density at radius 3 is 2.95 bits per heavy atom. The zero-order chi connectivity index (χ0) is 27.9. The van der Waals surface area contributed by atoms with E-state index in [2.05, 4.69) is 40.1 Å². The summed E-state index contributed by atoms with van der Waals surface area (Å²) >= 11 is 0. The number of piperazine rings is 1. The first-order chi connectivity index (χ1) is 19.4. The van der Waals surface area contributed by atoms with E-state index in [1.165, 1.54) is 24.6 Å². The number of rotatable bonds is 6. The summed E-state index contributed by atoms with van der Waals surface area (Å²) in [6, 6.07) is 7.54. The van der Waals surface area contributed by atoms with Crippen molar-refractivity contribution < 1.29 is 18.7 Å². The molecule has 9 nitrogen and oxygen atoms in total. The molecule has 40 heavy (non-hydrogen) atoms. The first-order valence-electron chi connectivity index (χ1n) is 14.7. The molecule has 216 valence electrons. The van der Waals surface area contributed by atoms with Gasteiger partial charge in [0.05, 0.1) is 31.3 Å². The van der Waals surface area contributed by atoms with Crippen LogP contribution in [-0.4, -0.2) is 96.7 Å². The molecule has 4 fully saturated rings. The number of benzene rings is 1. The third kappa shape index (κ3) is 5.38. The molecule has 6 rings (SSSR count). The molecule has 4 heterocycles. The van der Waals surface area contributed by atoms with E-state index in [1.54, 1.807) is 4.90 Å². The van der Waals surface area contributed by atoms with E-state index in [4.69, 9.17) is 9.47 Å². The zero-order valence-electron chi connectivity index (χ0n) is 23.4. The van der Waals surface area contributed by atoms with Crippen LogP contribution in [0.2, 0.25) is 0 Å². The molecular weight excluding hydrogens is 511 g/mol. The van der Waals surface area contributed by atoms with Crippen molar-refractivity contribution in [2.75, 3.05) is 39.8 Å². The zero-order valence-corrected chi connectivity index (χ0v) is 23.4. The summed E-state index contributed by atoms with van der Waals surface area (Å²) in [6.45, 7) is 7.30. The monoisotopic (exact) mass is 552 g/mol. The fraction of sp³-hybridized carbons (Fsp3) is 0.667. The molecule has 1 saturated carbocycles. The van der Waals surface area contributed by atoms with Gasteiger partial charge in [-0.25, -0.2) is 4.39 Å². The molecule has 0 aromatic heterocycles. The Hall–Kier alpha value is -2.55. The number of halogens is 1. The van der Waals surface area contributed by atoms with E-state index < -0.39 is 0 Å². The summed E-state index contributed by atoms with van der Waals surface area (Å²) in [5, 5.41) is 17.0. The van der Waals surface area contributed by atoms with Crippen molar-refractivity contribution in [1.29, 1.82) is 5.26 Å². The van der Waals surface area contributed by atoms with Gasteiger partial charge in [-0.05, 0) is 57.0 Å². The summed E-state index contributed by atoms with van der Waals surface area (Å²) in [4.78, 5) is 19.1. The third-order valence-electron chi connectivity index (χ3n) is 9.82. The van der Waals surface area contributed by atoms with Crippen molar-refractivity contribution in [1.82, 2.24) is 25.3 Å². The Kier molecular flexibility index (Phi) is 7.85. The number of hydrogen-bond donors (Lipinski definition) is 2. The molecule has 2 N–H and O–H groups in total. The maximum atomic E-state index is 13.9. The van der Waals surface area contributed by atoms with E-state index in [1.807, 2.05) is 6.07 Å². The van der Waals surface area contributed by atoms with Crippen molar-refractivity contribution in [2.24, 2.45) is 5.92 Å². The number of carbonyl (C=O) groups excluding carboxylic acids is 1. The normalized spacial score (nSPS) is 36.1. The van der Waals surface area contributed by atoms with Crippen LogP contribution in [0.5, 0.6) is 5.75 Å². The topological polar surface area (TPSA) is 93.1 Å². The molecule has 4 aliphatic heterocycles. The number of hydrogen-bond acceptors (Lipinski definition) is 8. The van der Waals surface area contributed by atoms with Gasteiger partial charge in [-0.15, -0.1) is 0 Å². The van der Waals surface area contributed by atoms with Crippen LogP contribution in [0.4, 0.5) is 4.39 Å². The molecule has 6 unspecified atom stereocenters. The maximum Gasteiger partial charge on any atom is 0.246 e. The average Bonchev–Trinajstić information content (AvgIpc) is 3.52. The molecule has 5 aliphatic rings. The highest BCUT2D eigenvalue weighted by Crippen LogP contribution is 2.46. The maximum absolute atomic E-state index is 13.9. The van der Waals surface area contributed by atoms with E-state index in [9.17, 15) is 14.4 Å². The number of nitrogens with one attached hydrogen (secondary N) is 2. The van der Waals surface area contributed by atoms with Gasteiger partial charge in [0, 0.05) is 56.5 Å². The van der Waals surface area contributed by atoms with Gasteiger partial charge in [0.25, 0.3) is 0 Å². The molecule has 1 aliphatic carbocycles. The minimum Gasteiger partial charge on any atom is -0.486 e. The highest BCUT2D eigenvalue weighted by Gasteiger charge is 2.52. The van der Waals surface area contributed by atoms with Crippen LogP contribution >= 0.6 is 0 Å². The van der Waals surface area contributed by atoms with Gasteiger partial charge in [0.2, 0.25) is 5.91 Å². The van der Waals surface area contributed by atoms with Crippen LogP contribution in [0.1, 0.15) is 44.1 Å². The third-order valence-corrected chi connectivity index (χ3v) is 9.82. The quantitative estimate of drug-likeness (QED) is 0.519. The molecule has 10 heteroatoms. The predicted octanol–water partition coefficient (Wildman–Crippen LogP) is 2.19. The summed E-state index contributed by atoms with van der Waals surface area (Å²) in [7, 11) is 2.16. The molecule has 3 saturated heterocycles. The Morgan fingerprint density at radius 2 is 2.17 bits per heavy atom. The molecule has 0 bridgehead atoms. The van der Waals surface area contributed by atoms with Gasteiger partial charge in [0.15, 0.2) is 6.35 Å². The van der Waals surface area contributed by atoms with Gasteiger partial charge in [0.1, 0.15) is 17.2 Å². The first kappa shape index (κ1) is 27.6. The van der Waals surface area contributed by atoms with Crippen LogP contribution < -0.4 is 15.4 Å². The summed E-state index contributed by atoms with van der Waals surface area (Å²) < 4.78 is 26.9. The lowest BCUT2D eigenvalue weighted by Crippen LogP contribution is -2.73. The van der Waals surface area contributed by atoms with Crippen LogP contribution in [-0.2, 0) is 16.0 Å². The number of likely N-dealkylation sites (N-methyl/N-ethyl adjacent to an activating group) is 1. The first-order valence-corrected chi connectivity index (χ1v) is 14.7. The second kappa shape index (κ2) is 11.4. The van der Waals surface area contributed by atoms with Crippen LogP contribution in [0.3, 0.4) is 0 Å². The molecule has 1 aromatic carbocycles. The highest BCUT2D eigenvalue weighted by atomic mass is 19.1. The Balaban J connectivity index is 1.20. The molecule has 7 atom stereocenters. The summed E-state index contributed by atoms with van der Waals surface area (Å²) in [5.74, 6) is 0.583. The Morgan fingerprint density at radius 1 is 1.30 bits per heavy atom. The summed E-state index contributed by atoms with van der Waals surface area (Å²) in [6.07, 6.45) is 7.11. The second-order valence-electron chi connectivity index (χ2n) is 12.2. The molecule has 1 spiro atoms. The number of fused-ring (bicyclic) bond motifs is 2. The standard InChI is InChI=1S/C30H41FN6O3/c1-3-27(38)37-14-13-36(18-22(37)9-11-32)28-24-8-10-30(16-20-6-7-21(31)15-26(20)40-30)17-25(24)33-29(34-28)39-19-23-5-4-12-35(23)2/h3,6-7,15,22-25,28-29,33-34H,1,4-5,8-10,12-14,16-19H2,2H3/t22?,23?,24?,25?,28?,29?,30-/m1/s1. The van der Waals surface area contributed by atoms with E-state index >= 15 is 0 Å². The average molecular weight is 553 g/mol. The van der Waals surface area contributed by atoms with Crippen LogP contribution in [0, 0.1) is 23.1 Å². The van der Waals surface area contributed by atoms with E-state index in [-0.39, 0.29) is 48.3 Å². The second-order valence-corrected chi connectivity index (χ2v) is 12.2. The smallest absolute Gasteiger partial charge is 0.246 e. The van der Waals surface area contributed by atoms with Gasteiger partial charge in [-0.3, -0.25) is 20.3 Å². The number of likely N-dealkylation sites (tertiary alicyclic amines) is 1. The van der Waals surface area contributed by atoms with E-state index in [0.29, 0.717) is 44.0 Å². The van der Waals surface area contributed by atoms with Gasteiger partial charge < -0.3 is 19.3 Å². The van der Waals surface area contributed by atoms with Gasteiger partial charge >= 0.3 is 0 Å². The number of nitriles is 1. The van der Waals surface area contributed by atoms with Crippen molar-refractivity contribution in [3.63, 3.8) is 0 Å². The Labute approximate surface area is 236 Å².